The number of para-hydroxylation sites is 1. The Balaban J connectivity index is 1.72. The Morgan fingerprint density at radius 3 is 2.52 bits per heavy atom. The van der Waals surface area contributed by atoms with E-state index in [-0.39, 0.29) is 38.0 Å². The smallest absolute Gasteiger partial charge is 0.328 e. The number of aromatic nitrogens is 1. The highest BCUT2D eigenvalue weighted by molar-refractivity contribution is 5.93. The number of urea groups is 1. The Hall–Kier alpha value is -3.95. The lowest BCUT2D eigenvalue weighted by atomic mass is 10.1. The fourth-order valence-electron chi connectivity index (χ4n) is 3.65. The molecule has 174 valence electrons. The second-order valence-electron chi connectivity index (χ2n) is 7.62. The second-order valence-corrected chi connectivity index (χ2v) is 7.62. The molecule has 0 aliphatic carbocycles. The molecular weight excluding hydrogens is 426 g/mol. The van der Waals surface area contributed by atoms with Crippen LogP contribution in [0.2, 0.25) is 0 Å². The molecule has 2 unspecified atom stereocenters. The van der Waals surface area contributed by atoms with Crippen LogP contribution in [0, 0.1) is 0 Å². The number of carbonyl (C=O) groups is 4. The van der Waals surface area contributed by atoms with Gasteiger partial charge in [-0.3, -0.25) is 14.6 Å². The van der Waals surface area contributed by atoms with Crippen molar-refractivity contribution in [1.82, 2.24) is 20.1 Å². The van der Waals surface area contributed by atoms with E-state index in [4.69, 9.17) is 4.74 Å². The van der Waals surface area contributed by atoms with Gasteiger partial charge in [0.05, 0.1) is 13.7 Å². The first-order chi connectivity index (χ1) is 15.9. The molecule has 33 heavy (non-hydrogen) atoms. The van der Waals surface area contributed by atoms with Crippen molar-refractivity contribution in [1.29, 1.82) is 0 Å². The lowest BCUT2D eigenvalue weighted by Crippen LogP contribution is -2.63. The highest BCUT2D eigenvalue weighted by Crippen LogP contribution is 2.14. The number of piperazine rings is 1. The molecule has 1 aromatic heterocycles. The summed E-state index contributed by atoms with van der Waals surface area (Å²) in [5, 5.41) is 5.47. The predicted octanol–water partition coefficient (Wildman–Crippen LogP) is 1.05. The van der Waals surface area contributed by atoms with Gasteiger partial charge < -0.3 is 25.2 Å². The first-order valence-corrected chi connectivity index (χ1v) is 10.5. The summed E-state index contributed by atoms with van der Waals surface area (Å²) in [5.41, 5.74) is 1.36. The second kappa shape index (κ2) is 11.1. The minimum Gasteiger partial charge on any atom is -0.467 e. The van der Waals surface area contributed by atoms with Gasteiger partial charge in [-0.1, -0.05) is 24.3 Å². The minimum absolute atomic E-state index is 0.00906. The molecule has 0 spiro atoms. The molecule has 1 saturated heterocycles. The Morgan fingerprint density at radius 2 is 1.88 bits per heavy atom. The number of hydrogen-bond acceptors (Lipinski definition) is 6. The SMILES string of the molecule is COC(=O)C(Cc1cccnc1)NC(=O)C1CN(C(=O)Nc2ccccc2)CCN1C(C)=O. The van der Waals surface area contributed by atoms with Crippen LogP contribution in [-0.2, 0) is 25.5 Å². The zero-order valence-corrected chi connectivity index (χ0v) is 18.6. The maximum atomic E-state index is 13.2. The largest absolute Gasteiger partial charge is 0.467 e. The number of benzene rings is 1. The van der Waals surface area contributed by atoms with Gasteiger partial charge in [0.15, 0.2) is 0 Å². The Labute approximate surface area is 191 Å². The van der Waals surface area contributed by atoms with Crippen molar-refractivity contribution < 1.29 is 23.9 Å². The van der Waals surface area contributed by atoms with Crippen LogP contribution < -0.4 is 10.6 Å². The van der Waals surface area contributed by atoms with Gasteiger partial charge in [-0.2, -0.15) is 0 Å². The monoisotopic (exact) mass is 453 g/mol. The standard InChI is InChI=1S/C23H27N5O5/c1-16(29)28-12-11-27(23(32)25-18-8-4-3-5-9-18)15-20(28)21(30)26-19(22(31)33-2)13-17-7-6-10-24-14-17/h3-10,14,19-20H,11-13,15H2,1-2H3,(H,25,32)(H,26,30). The van der Waals surface area contributed by atoms with Gasteiger partial charge in [0, 0.05) is 44.5 Å². The molecule has 0 radical (unpaired) electrons. The van der Waals surface area contributed by atoms with Crippen LogP contribution in [0.1, 0.15) is 12.5 Å². The average Bonchev–Trinajstić information content (AvgIpc) is 2.83. The molecule has 4 amide bonds. The van der Waals surface area contributed by atoms with E-state index >= 15 is 0 Å². The van der Waals surface area contributed by atoms with Crippen LogP contribution in [-0.4, -0.2) is 77.4 Å². The van der Waals surface area contributed by atoms with E-state index in [1.807, 2.05) is 6.07 Å². The Morgan fingerprint density at radius 1 is 1.12 bits per heavy atom. The van der Waals surface area contributed by atoms with E-state index in [0.29, 0.717) is 5.69 Å². The number of amides is 4. The number of rotatable bonds is 6. The molecule has 1 fully saturated rings. The lowest BCUT2D eigenvalue weighted by Gasteiger charge is -2.40. The number of nitrogens with one attached hydrogen (secondary N) is 2. The molecule has 10 nitrogen and oxygen atoms in total. The number of carbonyl (C=O) groups excluding carboxylic acids is 4. The van der Waals surface area contributed by atoms with Crippen LogP contribution in [0.25, 0.3) is 0 Å². The summed E-state index contributed by atoms with van der Waals surface area (Å²) in [7, 11) is 1.24. The van der Waals surface area contributed by atoms with Crippen molar-refractivity contribution in [3.05, 3.63) is 60.4 Å². The Bertz CT molecular complexity index is 985. The van der Waals surface area contributed by atoms with Crippen LogP contribution >= 0.6 is 0 Å². The first-order valence-electron chi connectivity index (χ1n) is 10.5. The van der Waals surface area contributed by atoms with E-state index < -0.39 is 24.0 Å². The molecule has 0 saturated carbocycles. The summed E-state index contributed by atoms with van der Waals surface area (Å²) < 4.78 is 4.84. The van der Waals surface area contributed by atoms with Crippen LogP contribution in [0.3, 0.4) is 0 Å². The van der Waals surface area contributed by atoms with Crippen LogP contribution in [0.15, 0.2) is 54.9 Å². The summed E-state index contributed by atoms with van der Waals surface area (Å²) in [6.07, 6.45) is 3.38. The fraction of sp³-hybridized carbons (Fsp3) is 0.348. The van der Waals surface area contributed by atoms with Crippen LogP contribution in [0.5, 0.6) is 0 Å². The normalized spacial score (nSPS) is 16.5. The molecule has 2 aromatic rings. The lowest BCUT2D eigenvalue weighted by molar-refractivity contribution is -0.147. The van der Waals surface area contributed by atoms with Gasteiger partial charge in [0.25, 0.3) is 0 Å². The van der Waals surface area contributed by atoms with E-state index in [9.17, 15) is 19.2 Å². The molecular formula is C23H27N5O5. The summed E-state index contributed by atoms with van der Waals surface area (Å²) in [4.78, 5) is 57.3. The fourth-order valence-corrected chi connectivity index (χ4v) is 3.65. The number of anilines is 1. The summed E-state index contributed by atoms with van der Waals surface area (Å²) in [5.74, 6) is -1.45. The molecule has 1 aliphatic heterocycles. The minimum atomic E-state index is -0.964. The number of methoxy groups -OCH3 is 1. The molecule has 3 rings (SSSR count). The maximum Gasteiger partial charge on any atom is 0.328 e. The number of hydrogen-bond donors (Lipinski definition) is 2. The van der Waals surface area contributed by atoms with Gasteiger partial charge >= 0.3 is 12.0 Å². The molecule has 2 heterocycles. The van der Waals surface area contributed by atoms with Gasteiger partial charge in [-0.15, -0.1) is 0 Å². The Kier molecular flexibility index (Phi) is 7.96. The summed E-state index contributed by atoms with van der Waals surface area (Å²) >= 11 is 0. The quantitative estimate of drug-likeness (QED) is 0.631. The number of pyridine rings is 1. The molecule has 0 bridgehead atoms. The van der Waals surface area contributed by atoms with E-state index in [1.165, 1.54) is 23.8 Å². The molecule has 2 N–H and O–H groups in total. The number of nitrogens with zero attached hydrogens (tertiary/aromatic N) is 3. The van der Waals surface area contributed by atoms with Gasteiger partial charge in [0.2, 0.25) is 11.8 Å². The zero-order valence-electron chi connectivity index (χ0n) is 18.6. The number of ether oxygens (including phenoxy) is 1. The molecule has 1 aliphatic rings. The third-order valence-corrected chi connectivity index (χ3v) is 5.36. The summed E-state index contributed by atoms with van der Waals surface area (Å²) in [6, 6.07) is 10.2. The summed E-state index contributed by atoms with van der Waals surface area (Å²) in [6.45, 7) is 1.83. The van der Waals surface area contributed by atoms with Gasteiger partial charge in [-0.05, 0) is 23.8 Å². The average molecular weight is 453 g/mol. The van der Waals surface area contributed by atoms with E-state index in [0.717, 1.165) is 5.56 Å². The first kappa shape index (κ1) is 23.7. The highest BCUT2D eigenvalue weighted by atomic mass is 16.5. The van der Waals surface area contributed by atoms with E-state index in [1.54, 1.807) is 48.8 Å². The number of esters is 1. The van der Waals surface area contributed by atoms with Gasteiger partial charge in [0.1, 0.15) is 12.1 Å². The van der Waals surface area contributed by atoms with Crippen molar-refractivity contribution in [2.75, 3.05) is 32.1 Å². The van der Waals surface area contributed by atoms with Crippen molar-refractivity contribution in [2.45, 2.75) is 25.4 Å². The van der Waals surface area contributed by atoms with Crippen molar-refractivity contribution in [3.63, 3.8) is 0 Å². The topological polar surface area (TPSA) is 121 Å². The van der Waals surface area contributed by atoms with Crippen LogP contribution in [0.4, 0.5) is 10.5 Å². The highest BCUT2D eigenvalue weighted by Gasteiger charge is 2.37. The van der Waals surface area contributed by atoms with Crippen molar-refractivity contribution in [2.24, 2.45) is 0 Å². The van der Waals surface area contributed by atoms with Gasteiger partial charge in [-0.25, -0.2) is 9.59 Å². The maximum absolute atomic E-state index is 13.2. The van der Waals surface area contributed by atoms with E-state index in [2.05, 4.69) is 15.6 Å². The third kappa shape index (κ3) is 6.28. The van der Waals surface area contributed by atoms with Crippen molar-refractivity contribution in [3.8, 4) is 0 Å². The molecule has 2 atom stereocenters. The van der Waals surface area contributed by atoms with Crippen molar-refractivity contribution >= 4 is 29.5 Å². The molecule has 10 heteroatoms. The molecule has 1 aromatic carbocycles. The predicted molar refractivity (Wildman–Crippen MR) is 120 cm³/mol. The zero-order chi connectivity index (χ0) is 23.8. The third-order valence-electron chi connectivity index (χ3n) is 5.36.